The zero-order chi connectivity index (χ0) is 28.0. The molecule has 0 aliphatic heterocycles. The van der Waals surface area contributed by atoms with Gasteiger partial charge in [-0.05, 0) is 81.8 Å². The molecule has 38 heavy (non-hydrogen) atoms. The molecule has 2 amide bonds. The van der Waals surface area contributed by atoms with E-state index in [2.05, 4.69) is 37.2 Å². The molecule has 7 nitrogen and oxygen atoms in total. The van der Waals surface area contributed by atoms with E-state index >= 15 is 0 Å². The molecule has 0 unspecified atom stereocenters. The van der Waals surface area contributed by atoms with Gasteiger partial charge in [0.05, 0.1) is 10.6 Å². The molecule has 0 aliphatic carbocycles. The summed E-state index contributed by atoms with van der Waals surface area (Å²) in [6, 6.07) is 19.7. The topological polar surface area (TPSA) is 86.8 Å². The van der Waals surface area contributed by atoms with Crippen LogP contribution in [0.2, 0.25) is 0 Å². The molecule has 3 aromatic carbocycles. The van der Waals surface area contributed by atoms with Gasteiger partial charge in [-0.25, -0.2) is 8.42 Å². The number of sulfonamides is 1. The number of halogens is 2. The lowest BCUT2D eigenvalue weighted by molar-refractivity contribution is -0.139. The van der Waals surface area contributed by atoms with Crippen molar-refractivity contribution in [1.82, 2.24) is 10.2 Å². The van der Waals surface area contributed by atoms with Crippen LogP contribution in [0.25, 0.3) is 0 Å². The average molecular weight is 665 g/mol. The Morgan fingerprint density at radius 2 is 1.53 bits per heavy atom. The summed E-state index contributed by atoms with van der Waals surface area (Å²) < 4.78 is 30.3. The van der Waals surface area contributed by atoms with Gasteiger partial charge in [-0.1, -0.05) is 61.7 Å². The average Bonchev–Trinajstić information content (AvgIpc) is 2.86. The quantitative estimate of drug-likeness (QED) is 0.303. The molecule has 0 fully saturated rings. The van der Waals surface area contributed by atoms with Crippen LogP contribution in [0.5, 0.6) is 0 Å². The van der Waals surface area contributed by atoms with Crippen LogP contribution in [0.15, 0.2) is 86.6 Å². The lowest BCUT2D eigenvalue weighted by Gasteiger charge is -2.32. The number of carbonyl (C=O) groups excluding carboxylic acids is 2. The Morgan fingerprint density at radius 3 is 2.11 bits per heavy atom. The minimum Gasteiger partial charge on any atom is -0.352 e. The van der Waals surface area contributed by atoms with Crippen LogP contribution in [-0.4, -0.2) is 43.8 Å². The maximum atomic E-state index is 13.9. The van der Waals surface area contributed by atoms with Crippen molar-refractivity contribution < 1.29 is 18.0 Å². The van der Waals surface area contributed by atoms with Crippen molar-refractivity contribution in [2.45, 2.75) is 51.2 Å². The molecule has 0 saturated heterocycles. The van der Waals surface area contributed by atoms with Crippen molar-refractivity contribution in [2.24, 2.45) is 0 Å². The van der Waals surface area contributed by atoms with Crippen molar-refractivity contribution in [2.75, 3.05) is 10.8 Å². The third-order valence-corrected chi connectivity index (χ3v) is 8.65. The summed E-state index contributed by atoms with van der Waals surface area (Å²) in [5, 5.41) is 2.85. The highest BCUT2D eigenvalue weighted by molar-refractivity contribution is 9.10. The lowest BCUT2D eigenvalue weighted by atomic mass is 10.1. The highest BCUT2D eigenvalue weighted by Gasteiger charge is 2.32. The van der Waals surface area contributed by atoms with E-state index in [9.17, 15) is 18.0 Å². The molecular weight excluding hydrogens is 634 g/mol. The lowest BCUT2D eigenvalue weighted by Crippen LogP contribution is -2.52. The van der Waals surface area contributed by atoms with Crippen LogP contribution < -0.4 is 9.62 Å². The fraction of sp³-hybridized carbons (Fsp3) is 0.286. The first-order valence-corrected chi connectivity index (χ1v) is 15.1. The van der Waals surface area contributed by atoms with Crippen molar-refractivity contribution in [3.8, 4) is 0 Å². The first-order valence-electron chi connectivity index (χ1n) is 12.1. The maximum Gasteiger partial charge on any atom is 0.264 e. The number of anilines is 1. The Labute approximate surface area is 241 Å². The molecule has 0 saturated carbocycles. The standard InChI is InChI=1S/C28H31Br2N3O4S/c1-19(2)31-28(35)21(4)32(17-22-6-5-7-24(30)16-22)27(34)18-33(25-12-10-23(29)11-13-25)38(36,37)26-14-8-20(3)9-15-26/h5-16,19,21H,17-18H2,1-4H3,(H,31,35)/t21-/m1/s1. The molecule has 3 aromatic rings. The van der Waals surface area contributed by atoms with E-state index < -0.39 is 28.5 Å². The molecule has 1 N–H and O–H groups in total. The Hall–Kier alpha value is -2.69. The number of hydrogen-bond acceptors (Lipinski definition) is 4. The summed E-state index contributed by atoms with van der Waals surface area (Å²) in [6.07, 6.45) is 0. The Bertz CT molecular complexity index is 1380. The highest BCUT2D eigenvalue weighted by Crippen LogP contribution is 2.26. The van der Waals surface area contributed by atoms with Gasteiger partial charge in [0.1, 0.15) is 12.6 Å². The second-order valence-corrected chi connectivity index (χ2v) is 13.0. The van der Waals surface area contributed by atoms with Gasteiger partial charge in [0.15, 0.2) is 0 Å². The van der Waals surface area contributed by atoms with E-state index in [1.807, 2.05) is 45.0 Å². The van der Waals surface area contributed by atoms with Crippen LogP contribution in [0.3, 0.4) is 0 Å². The number of amides is 2. The summed E-state index contributed by atoms with van der Waals surface area (Å²) in [7, 11) is -4.09. The van der Waals surface area contributed by atoms with E-state index in [0.717, 1.165) is 24.4 Å². The number of benzene rings is 3. The van der Waals surface area contributed by atoms with Gasteiger partial charge in [-0.2, -0.15) is 0 Å². The molecule has 0 spiro atoms. The van der Waals surface area contributed by atoms with E-state index in [1.54, 1.807) is 43.3 Å². The van der Waals surface area contributed by atoms with Gasteiger partial charge in [-0.15, -0.1) is 0 Å². The van der Waals surface area contributed by atoms with Crippen molar-refractivity contribution >= 4 is 59.4 Å². The molecule has 202 valence electrons. The van der Waals surface area contributed by atoms with Gasteiger partial charge in [-0.3, -0.25) is 13.9 Å². The second-order valence-electron chi connectivity index (χ2n) is 9.29. The first kappa shape index (κ1) is 29.9. The molecule has 0 aliphatic rings. The third-order valence-electron chi connectivity index (χ3n) is 5.84. The molecular formula is C28H31Br2N3O4S. The smallest absolute Gasteiger partial charge is 0.264 e. The zero-order valence-corrected chi connectivity index (χ0v) is 25.7. The van der Waals surface area contributed by atoms with E-state index in [0.29, 0.717) is 5.69 Å². The number of nitrogens with zero attached hydrogens (tertiary/aromatic N) is 2. The van der Waals surface area contributed by atoms with Crippen molar-refractivity contribution in [1.29, 1.82) is 0 Å². The van der Waals surface area contributed by atoms with Gasteiger partial charge < -0.3 is 10.2 Å². The minimum absolute atomic E-state index is 0.0722. The molecule has 10 heteroatoms. The summed E-state index contributed by atoms with van der Waals surface area (Å²) in [5.74, 6) is -0.824. The number of rotatable bonds is 10. The maximum absolute atomic E-state index is 13.9. The Kier molecular flexibility index (Phi) is 10.1. The minimum atomic E-state index is -4.09. The van der Waals surface area contributed by atoms with Gasteiger partial charge in [0.2, 0.25) is 11.8 Å². The van der Waals surface area contributed by atoms with Crippen LogP contribution in [0.1, 0.15) is 31.9 Å². The van der Waals surface area contributed by atoms with Gasteiger partial charge >= 0.3 is 0 Å². The van der Waals surface area contributed by atoms with Crippen molar-refractivity contribution in [3.05, 3.63) is 92.9 Å². The van der Waals surface area contributed by atoms with E-state index in [1.165, 1.54) is 17.0 Å². The molecule has 3 rings (SSSR count). The largest absolute Gasteiger partial charge is 0.352 e. The normalized spacial score (nSPS) is 12.2. The summed E-state index contributed by atoms with van der Waals surface area (Å²) >= 11 is 6.83. The summed E-state index contributed by atoms with van der Waals surface area (Å²) in [5.41, 5.74) is 2.05. The zero-order valence-electron chi connectivity index (χ0n) is 21.7. The Morgan fingerprint density at radius 1 is 0.895 bits per heavy atom. The molecule has 0 bridgehead atoms. The third kappa shape index (κ3) is 7.68. The van der Waals surface area contributed by atoms with E-state index in [4.69, 9.17) is 0 Å². The molecule has 0 aromatic heterocycles. The predicted octanol–water partition coefficient (Wildman–Crippen LogP) is 5.66. The van der Waals surface area contributed by atoms with Gasteiger partial charge in [0, 0.05) is 21.5 Å². The van der Waals surface area contributed by atoms with Crippen LogP contribution in [-0.2, 0) is 26.2 Å². The van der Waals surface area contributed by atoms with Crippen LogP contribution in [0.4, 0.5) is 5.69 Å². The number of nitrogens with one attached hydrogen (secondary N) is 1. The molecule has 0 heterocycles. The number of carbonyl (C=O) groups is 2. The SMILES string of the molecule is Cc1ccc(S(=O)(=O)N(CC(=O)N(Cc2cccc(Br)c2)[C@H](C)C(=O)NC(C)C)c2ccc(Br)cc2)cc1. The fourth-order valence-corrected chi connectivity index (χ4v) is 5.92. The number of aryl methyl sites for hydroxylation is 1. The molecule has 1 atom stereocenters. The summed E-state index contributed by atoms with van der Waals surface area (Å²) in [6.45, 7) is 6.85. The van der Waals surface area contributed by atoms with Crippen LogP contribution >= 0.6 is 31.9 Å². The predicted molar refractivity (Wildman–Crippen MR) is 157 cm³/mol. The monoisotopic (exact) mass is 663 g/mol. The molecule has 0 radical (unpaired) electrons. The van der Waals surface area contributed by atoms with Gasteiger partial charge in [0.25, 0.3) is 10.0 Å². The highest BCUT2D eigenvalue weighted by atomic mass is 79.9. The second kappa shape index (κ2) is 12.9. The summed E-state index contributed by atoms with van der Waals surface area (Å²) in [4.78, 5) is 28.3. The van der Waals surface area contributed by atoms with Crippen LogP contribution in [0, 0.1) is 6.92 Å². The number of hydrogen-bond donors (Lipinski definition) is 1. The van der Waals surface area contributed by atoms with Crippen molar-refractivity contribution in [3.63, 3.8) is 0 Å². The first-order chi connectivity index (χ1) is 17.9. The van der Waals surface area contributed by atoms with E-state index in [-0.39, 0.29) is 23.4 Å². The Balaban J connectivity index is 2.02. The fourth-order valence-electron chi connectivity index (χ4n) is 3.79.